The van der Waals surface area contributed by atoms with Gasteiger partial charge in [-0.25, -0.2) is 4.79 Å². The van der Waals surface area contributed by atoms with Crippen LogP contribution >= 0.6 is 22.2 Å². The van der Waals surface area contributed by atoms with Crippen molar-refractivity contribution < 1.29 is 29.0 Å². The first kappa shape index (κ1) is 20.1. The number of thioether (sulfide) groups is 1. The minimum Gasteiger partial charge on any atom is -0.412 e. The van der Waals surface area contributed by atoms with Crippen molar-refractivity contribution in [3.05, 3.63) is 35.9 Å². The Hall–Kier alpha value is -1.20. The Kier molecular flexibility index (Phi) is 4.76. The summed E-state index contributed by atoms with van der Waals surface area (Å²) in [4.78, 5) is 11.3. The fraction of sp³-hybridized carbons (Fsp3) is 0.500. The number of hydrogen-bond acceptors (Lipinski definition) is 4. The zero-order chi connectivity index (χ0) is 19.0. The summed E-state index contributed by atoms with van der Waals surface area (Å²) in [6, 6.07) is 5.15. The van der Waals surface area contributed by atoms with Gasteiger partial charge in [-0.2, -0.15) is 0 Å². The molecule has 1 heterocycles. The molecule has 0 radical (unpaired) electrons. The summed E-state index contributed by atoms with van der Waals surface area (Å²) < 4.78 is 73.4. The van der Waals surface area contributed by atoms with Crippen LogP contribution in [0.5, 0.6) is 0 Å². The van der Waals surface area contributed by atoms with Gasteiger partial charge in [-0.1, -0.05) is 81.3 Å². The van der Waals surface area contributed by atoms with Crippen LogP contribution in [0.15, 0.2) is 30.3 Å². The van der Waals surface area contributed by atoms with E-state index < -0.39 is 31.9 Å². The van der Waals surface area contributed by atoms with E-state index in [1.165, 1.54) is 30.3 Å². The predicted octanol–water partition coefficient (Wildman–Crippen LogP) is 5.71. The summed E-state index contributed by atoms with van der Waals surface area (Å²) >= 11 is 0.494. The highest BCUT2D eigenvalue weighted by Gasteiger charge is 2.79. The van der Waals surface area contributed by atoms with Crippen LogP contribution in [-0.2, 0) is 9.79 Å². The van der Waals surface area contributed by atoms with Crippen LogP contribution in [0.3, 0.4) is 0 Å². The second-order valence-corrected chi connectivity index (χ2v) is 9.16. The van der Waals surface area contributed by atoms with Crippen molar-refractivity contribution in [3.8, 4) is 0 Å². The summed E-state index contributed by atoms with van der Waals surface area (Å²) in [5.41, 5.74) is 4.72. The Morgan fingerprint density at radius 3 is 2.40 bits per heavy atom. The van der Waals surface area contributed by atoms with Crippen LogP contribution in [0.25, 0.3) is 0 Å². The van der Waals surface area contributed by atoms with Gasteiger partial charge in [0.05, 0.1) is 0 Å². The van der Waals surface area contributed by atoms with Crippen LogP contribution in [0, 0.1) is 0 Å². The topological polar surface area (TPSA) is 55.6 Å². The van der Waals surface area contributed by atoms with E-state index in [9.17, 15) is 24.2 Å². The third-order valence-corrected chi connectivity index (χ3v) is 6.61. The van der Waals surface area contributed by atoms with Crippen LogP contribution in [-0.4, -0.2) is 22.2 Å². The zero-order valence-corrected chi connectivity index (χ0v) is 15.0. The lowest BCUT2D eigenvalue weighted by Crippen LogP contribution is -2.52. The molecule has 2 rings (SSSR count). The van der Waals surface area contributed by atoms with Gasteiger partial charge in [-0.3, -0.25) is 0 Å². The molecule has 1 aliphatic rings. The molecule has 0 aliphatic carbocycles. The van der Waals surface area contributed by atoms with E-state index in [1.54, 1.807) is 6.92 Å². The number of ether oxygens (including phenoxy) is 1. The lowest BCUT2D eigenvalue weighted by Gasteiger charge is -2.54. The maximum atomic E-state index is 13.9. The number of benzene rings is 1. The van der Waals surface area contributed by atoms with E-state index in [4.69, 9.17) is 10.5 Å². The van der Waals surface area contributed by atoms with Crippen molar-refractivity contribution in [2.45, 2.75) is 37.3 Å². The van der Waals surface area contributed by atoms with Crippen molar-refractivity contribution in [1.82, 2.24) is 4.31 Å². The van der Waals surface area contributed by atoms with Crippen LogP contribution in [0.2, 0.25) is 0 Å². The number of halogens is 5. The van der Waals surface area contributed by atoms with E-state index in [-0.39, 0.29) is 17.7 Å². The third-order valence-electron chi connectivity index (χ3n) is 3.73. The maximum Gasteiger partial charge on any atom is 0.407 e. The van der Waals surface area contributed by atoms with Crippen molar-refractivity contribution in [2.75, 3.05) is 5.75 Å². The van der Waals surface area contributed by atoms with Gasteiger partial charge in [0, 0.05) is 17.4 Å². The number of unbranched alkanes of at least 4 members (excludes halogenated alkanes) is 1. The van der Waals surface area contributed by atoms with Gasteiger partial charge in [-0.05, 0) is 6.42 Å². The zero-order valence-electron chi connectivity index (χ0n) is 13.3. The molecule has 1 aromatic rings. The van der Waals surface area contributed by atoms with Gasteiger partial charge in [0.2, 0.25) is 0 Å². The Balaban J connectivity index is 2.66. The fourth-order valence-corrected chi connectivity index (χ4v) is 6.33. The Morgan fingerprint density at radius 2 is 1.92 bits per heavy atom. The first-order valence-corrected chi connectivity index (χ1v) is 10.4. The van der Waals surface area contributed by atoms with Crippen LogP contribution < -0.4 is 5.73 Å². The number of carbonyl (C=O) groups excluding carboxylic acids is 1. The second kappa shape index (κ2) is 5.92. The summed E-state index contributed by atoms with van der Waals surface area (Å²) in [7, 11) is -10.2. The number of amides is 1. The van der Waals surface area contributed by atoms with Crippen molar-refractivity contribution in [1.29, 1.82) is 0 Å². The van der Waals surface area contributed by atoms with E-state index in [0.29, 0.717) is 24.6 Å². The Labute approximate surface area is 146 Å². The predicted molar refractivity (Wildman–Crippen MR) is 89.5 cm³/mol. The average Bonchev–Trinajstić information content (AvgIpc) is 2.84. The SMILES string of the molecule is CCCCC1CSC(OC(N)=O)(c2ccccc2)N1S(F)(F)(F)(F)F. The molecule has 2 N–H and O–H groups in total. The second-order valence-electron chi connectivity index (χ2n) is 5.73. The van der Waals surface area contributed by atoms with E-state index in [0.717, 1.165) is 0 Å². The molecule has 2 unspecified atom stereocenters. The standard InChI is InChI=1S/C14H19F5N2O2S2/c1-2-3-9-12-10-24-14(23-13(20)22,11-7-5-4-6-8-11)21(12)25(15,16,17,18)19/h4-8,12H,2-3,9-10H2,1H3,(H2,20,22). The minimum absolute atomic E-state index is 0.105. The molecule has 1 aliphatic heterocycles. The molecule has 25 heavy (non-hydrogen) atoms. The molecule has 0 aromatic heterocycles. The smallest absolute Gasteiger partial charge is 0.407 e. The molecule has 0 spiro atoms. The summed E-state index contributed by atoms with van der Waals surface area (Å²) in [5, 5.41) is -2.74. The van der Waals surface area contributed by atoms with Crippen molar-refractivity contribution in [2.24, 2.45) is 5.73 Å². The Morgan fingerprint density at radius 1 is 1.32 bits per heavy atom. The quantitative estimate of drug-likeness (QED) is 0.615. The van der Waals surface area contributed by atoms with Gasteiger partial charge >= 0.3 is 16.5 Å². The Bertz CT molecular complexity index is 644. The molecule has 1 aromatic carbocycles. The number of nitrogens with two attached hydrogens (primary N) is 1. The average molecular weight is 406 g/mol. The molecular weight excluding hydrogens is 387 g/mol. The highest BCUT2D eigenvalue weighted by Crippen LogP contribution is 3.02. The molecule has 0 bridgehead atoms. The first-order valence-electron chi connectivity index (χ1n) is 7.51. The molecule has 1 saturated heterocycles. The van der Waals surface area contributed by atoms with E-state index >= 15 is 0 Å². The molecule has 2 atom stereocenters. The lowest BCUT2D eigenvalue weighted by atomic mass is 10.1. The number of nitrogens with zero attached hydrogens (tertiary/aromatic N) is 1. The summed E-state index contributed by atoms with van der Waals surface area (Å²) in [6.07, 6.45) is -0.785. The maximum absolute atomic E-state index is 13.9. The van der Waals surface area contributed by atoms with Crippen molar-refractivity contribution >= 4 is 28.3 Å². The molecule has 144 valence electrons. The molecule has 11 heteroatoms. The number of primary amides is 1. The van der Waals surface area contributed by atoms with E-state index in [2.05, 4.69) is 0 Å². The number of carbonyl (C=O) groups is 1. The van der Waals surface area contributed by atoms with E-state index in [1.807, 2.05) is 0 Å². The third kappa shape index (κ3) is 4.32. The van der Waals surface area contributed by atoms with Crippen LogP contribution in [0.1, 0.15) is 31.7 Å². The first-order chi connectivity index (χ1) is 11.3. The van der Waals surface area contributed by atoms with Crippen molar-refractivity contribution in [3.63, 3.8) is 0 Å². The lowest BCUT2D eigenvalue weighted by molar-refractivity contribution is -0.0255. The van der Waals surface area contributed by atoms with Crippen LogP contribution in [0.4, 0.5) is 24.2 Å². The monoisotopic (exact) mass is 406 g/mol. The highest BCUT2D eigenvalue weighted by molar-refractivity contribution is 8.44. The number of hydrogen-bond donors (Lipinski definition) is 1. The van der Waals surface area contributed by atoms with Gasteiger partial charge < -0.3 is 10.5 Å². The van der Waals surface area contributed by atoms with Gasteiger partial charge in [0.1, 0.15) is 0 Å². The molecule has 4 nitrogen and oxygen atoms in total. The molecule has 0 saturated carbocycles. The largest absolute Gasteiger partial charge is 0.412 e. The summed E-state index contributed by atoms with van der Waals surface area (Å²) in [6.45, 7) is 1.75. The molecule has 1 amide bonds. The molecular formula is C14H19F5N2O2S2. The molecule has 1 fully saturated rings. The minimum atomic E-state index is -10.2. The normalized spacial score (nSPS) is 27.5. The number of rotatable bonds is 6. The van der Waals surface area contributed by atoms with Gasteiger partial charge in [-0.15, -0.1) is 4.31 Å². The van der Waals surface area contributed by atoms with Gasteiger partial charge in [0.25, 0.3) is 5.06 Å². The van der Waals surface area contributed by atoms with Gasteiger partial charge in [0.15, 0.2) is 0 Å². The fourth-order valence-electron chi connectivity index (χ4n) is 2.86. The highest BCUT2D eigenvalue weighted by atomic mass is 32.5. The summed E-state index contributed by atoms with van der Waals surface area (Å²) in [5.74, 6) is -0.270.